The van der Waals surface area contributed by atoms with Gasteiger partial charge in [-0.3, -0.25) is 0 Å². The van der Waals surface area contributed by atoms with E-state index >= 15 is 0 Å². The number of benzene rings is 2. The Morgan fingerprint density at radius 1 is 1.15 bits per heavy atom. The van der Waals surface area contributed by atoms with E-state index in [4.69, 9.17) is 38.8 Å². The largest absolute Gasteiger partial charge is 0.478 e. The van der Waals surface area contributed by atoms with Crippen LogP contribution in [0.3, 0.4) is 0 Å². The molecule has 0 fully saturated rings. The number of carbonyl (C=O) groups is 1. The summed E-state index contributed by atoms with van der Waals surface area (Å²) in [5.41, 5.74) is 6.02. The van der Waals surface area contributed by atoms with Crippen LogP contribution in [-0.4, -0.2) is 11.1 Å². The molecule has 0 aliphatic carbocycles. The Balaban J connectivity index is 2.35. The van der Waals surface area contributed by atoms with Crippen LogP contribution in [0.4, 0.5) is 5.69 Å². The zero-order valence-electron chi connectivity index (χ0n) is 9.86. The summed E-state index contributed by atoms with van der Waals surface area (Å²) in [6.07, 6.45) is 0. The van der Waals surface area contributed by atoms with Crippen LogP contribution in [0.5, 0.6) is 11.5 Å². The molecule has 0 unspecified atom stereocenters. The number of aromatic carboxylic acids is 1. The zero-order chi connectivity index (χ0) is 14.9. The number of carboxylic acids is 1. The third-order valence-electron chi connectivity index (χ3n) is 2.45. The second kappa shape index (κ2) is 5.91. The molecule has 0 heterocycles. The van der Waals surface area contributed by atoms with Gasteiger partial charge in [-0.15, -0.1) is 0 Å². The SMILES string of the molecule is Nc1cc(C(=O)O)ccc1Oc1cc(Cl)c(Br)cc1Cl. The Labute approximate surface area is 133 Å². The molecular weight excluding hydrogens is 369 g/mol. The maximum Gasteiger partial charge on any atom is 0.335 e. The van der Waals surface area contributed by atoms with E-state index in [1.54, 1.807) is 12.1 Å². The Hall–Kier alpha value is -1.43. The highest BCUT2D eigenvalue weighted by Gasteiger charge is 2.11. The molecule has 0 radical (unpaired) electrons. The van der Waals surface area contributed by atoms with E-state index in [2.05, 4.69) is 15.9 Å². The first-order valence-electron chi connectivity index (χ1n) is 5.33. The molecule has 2 aromatic rings. The summed E-state index contributed by atoms with van der Waals surface area (Å²) < 4.78 is 6.20. The van der Waals surface area contributed by atoms with Gasteiger partial charge in [0.05, 0.1) is 21.3 Å². The Bertz CT molecular complexity index is 692. The lowest BCUT2D eigenvalue weighted by Gasteiger charge is -2.11. The Morgan fingerprint density at radius 3 is 2.45 bits per heavy atom. The molecule has 20 heavy (non-hydrogen) atoms. The van der Waals surface area contributed by atoms with Crippen LogP contribution >= 0.6 is 39.1 Å². The zero-order valence-corrected chi connectivity index (χ0v) is 13.0. The quantitative estimate of drug-likeness (QED) is 0.594. The predicted molar refractivity (Wildman–Crippen MR) is 82.0 cm³/mol. The van der Waals surface area contributed by atoms with Crippen molar-refractivity contribution in [1.29, 1.82) is 0 Å². The van der Waals surface area contributed by atoms with Gasteiger partial charge in [0.15, 0.2) is 0 Å². The molecule has 4 nitrogen and oxygen atoms in total. The van der Waals surface area contributed by atoms with Crippen molar-refractivity contribution >= 4 is 50.8 Å². The van der Waals surface area contributed by atoms with Gasteiger partial charge in [0.1, 0.15) is 11.5 Å². The van der Waals surface area contributed by atoms with Crippen molar-refractivity contribution in [2.24, 2.45) is 0 Å². The number of rotatable bonds is 3. The topological polar surface area (TPSA) is 72.6 Å². The van der Waals surface area contributed by atoms with E-state index in [1.165, 1.54) is 18.2 Å². The van der Waals surface area contributed by atoms with Gasteiger partial charge in [0.2, 0.25) is 0 Å². The second-order valence-corrected chi connectivity index (χ2v) is 5.53. The fraction of sp³-hybridized carbons (Fsp3) is 0. The Morgan fingerprint density at radius 2 is 1.85 bits per heavy atom. The maximum absolute atomic E-state index is 10.8. The van der Waals surface area contributed by atoms with Gasteiger partial charge in [0.25, 0.3) is 0 Å². The fourth-order valence-electron chi connectivity index (χ4n) is 1.48. The monoisotopic (exact) mass is 375 g/mol. The third-order valence-corrected chi connectivity index (χ3v) is 3.94. The summed E-state index contributed by atoms with van der Waals surface area (Å²) >= 11 is 15.2. The summed E-state index contributed by atoms with van der Waals surface area (Å²) in [6, 6.07) is 7.30. The molecule has 0 saturated carbocycles. The summed E-state index contributed by atoms with van der Waals surface area (Å²) in [5.74, 6) is -0.433. The summed E-state index contributed by atoms with van der Waals surface area (Å²) in [5, 5.41) is 9.65. The van der Waals surface area contributed by atoms with E-state index in [0.29, 0.717) is 26.0 Å². The van der Waals surface area contributed by atoms with E-state index in [-0.39, 0.29) is 11.3 Å². The minimum absolute atomic E-state index is 0.0785. The highest BCUT2D eigenvalue weighted by molar-refractivity contribution is 9.10. The molecule has 2 aromatic carbocycles. The van der Waals surface area contributed by atoms with Gasteiger partial charge in [0, 0.05) is 10.5 Å². The standard InChI is InChI=1S/C13H8BrCl2NO3/c14-7-4-9(16)12(5-8(7)15)20-11-2-1-6(13(18)19)3-10(11)17/h1-5H,17H2,(H,18,19). The molecule has 0 aromatic heterocycles. The van der Waals surface area contributed by atoms with E-state index < -0.39 is 5.97 Å². The number of anilines is 1. The highest BCUT2D eigenvalue weighted by atomic mass is 79.9. The van der Waals surface area contributed by atoms with Gasteiger partial charge in [-0.05, 0) is 40.2 Å². The lowest BCUT2D eigenvalue weighted by molar-refractivity contribution is 0.0697. The average molecular weight is 377 g/mol. The van der Waals surface area contributed by atoms with Crippen molar-refractivity contribution in [3.05, 3.63) is 50.4 Å². The predicted octanol–water partition coefficient (Wildman–Crippen LogP) is 4.83. The molecule has 0 aliphatic rings. The number of ether oxygens (including phenoxy) is 1. The number of hydrogen-bond donors (Lipinski definition) is 2. The smallest absolute Gasteiger partial charge is 0.335 e. The van der Waals surface area contributed by atoms with Crippen LogP contribution in [0.1, 0.15) is 10.4 Å². The average Bonchev–Trinajstić information content (AvgIpc) is 2.37. The van der Waals surface area contributed by atoms with Crippen molar-refractivity contribution in [3.63, 3.8) is 0 Å². The fourth-order valence-corrected chi connectivity index (χ4v) is 2.31. The minimum atomic E-state index is -1.06. The number of carboxylic acid groups (broad SMARTS) is 1. The van der Waals surface area contributed by atoms with Crippen LogP contribution < -0.4 is 10.5 Å². The number of nitrogen functional groups attached to an aromatic ring is 1. The Kier molecular flexibility index (Phi) is 4.42. The lowest BCUT2D eigenvalue weighted by Crippen LogP contribution is -1.99. The van der Waals surface area contributed by atoms with Crippen molar-refractivity contribution in [2.75, 3.05) is 5.73 Å². The van der Waals surface area contributed by atoms with E-state index in [9.17, 15) is 4.79 Å². The van der Waals surface area contributed by atoms with Crippen molar-refractivity contribution in [3.8, 4) is 11.5 Å². The molecule has 2 rings (SSSR count). The molecular formula is C13H8BrCl2NO3. The summed E-state index contributed by atoms with van der Waals surface area (Å²) in [6.45, 7) is 0. The van der Waals surface area contributed by atoms with Gasteiger partial charge < -0.3 is 15.6 Å². The molecule has 7 heteroatoms. The second-order valence-electron chi connectivity index (χ2n) is 3.86. The van der Waals surface area contributed by atoms with Crippen molar-refractivity contribution < 1.29 is 14.6 Å². The third kappa shape index (κ3) is 3.17. The number of halogens is 3. The molecule has 0 amide bonds. The lowest BCUT2D eigenvalue weighted by atomic mass is 10.2. The van der Waals surface area contributed by atoms with E-state index in [0.717, 1.165) is 0 Å². The molecule has 0 saturated heterocycles. The molecule has 0 aliphatic heterocycles. The summed E-state index contributed by atoms with van der Waals surface area (Å²) in [4.78, 5) is 10.8. The maximum atomic E-state index is 10.8. The normalized spacial score (nSPS) is 10.3. The van der Waals surface area contributed by atoms with Gasteiger partial charge in [-0.2, -0.15) is 0 Å². The van der Waals surface area contributed by atoms with Gasteiger partial charge >= 0.3 is 5.97 Å². The molecule has 104 valence electrons. The van der Waals surface area contributed by atoms with Crippen LogP contribution in [0.25, 0.3) is 0 Å². The number of nitrogens with two attached hydrogens (primary N) is 1. The summed E-state index contributed by atoms with van der Waals surface area (Å²) in [7, 11) is 0. The van der Waals surface area contributed by atoms with Crippen molar-refractivity contribution in [1.82, 2.24) is 0 Å². The highest BCUT2D eigenvalue weighted by Crippen LogP contribution is 2.38. The van der Waals surface area contributed by atoms with Crippen molar-refractivity contribution in [2.45, 2.75) is 0 Å². The van der Waals surface area contributed by atoms with Gasteiger partial charge in [-0.1, -0.05) is 23.2 Å². The molecule has 0 atom stereocenters. The van der Waals surface area contributed by atoms with E-state index in [1.807, 2.05) is 0 Å². The molecule has 0 bridgehead atoms. The van der Waals surface area contributed by atoms with Crippen LogP contribution in [0, 0.1) is 0 Å². The number of hydrogen-bond acceptors (Lipinski definition) is 3. The van der Waals surface area contributed by atoms with Crippen LogP contribution in [0.15, 0.2) is 34.8 Å². The minimum Gasteiger partial charge on any atom is -0.478 e. The first kappa shape index (κ1) is 15.0. The first-order chi connectivity index (χ1) is 9.38. The van der Waals surface area contributed by atoms with Gasteiger partial charge in [-0.25, -0.2) is 4.79 Å². The molecule has 3 N–H and O–H groups in total. The van der Waals surface area contributed by atoms with Crippen LogP contribution in [0.2, 0.25) is 10.0 Å². The molecule has 0 spiro atoms. The first-order valence-corrected chi connectivity index (χ1v) is 6.88. The van der Waals surface area contributed by atoms with Crippen LogP contribution in [-0.2, 0) is 0 Å².